The Hall–Kier alpha value is -0.810. The summed E-state index contributed by atoms with van der Waals surface area (Å²) in [5.74, 6) is 0.926. The largest absolute Gasteiger partial charge is 0.388 e. The van der Waals surface area contributed by atoms with E-state index in [1.54, 1.807) is 11.8 Å². The second-order valence-electron chi connectivity index (χ2n) is 4.90. The van der Waals surface area contributed by atoms with Gasteiger partial charge >= 0.3 is 0 Å². The van der Waals surface area contributed by atoms with E-state index in [1.165, 1.54) is 10.5 Å². The fourth-order valence-corrected chi connectivity index (χ4v) is 3.41. The molecule has 1 atom stereocenters. The molecule has 2 rings (SSSR count). The van der Waals surface area contributed by atoms with Crippen molar-refractivity contribution in [2.24, 2.45) is 0 Å². The Balaban J connectivity index is 1.97. The molecule has 1 unspecified atom stereocenters. The van der Waals surface area contributed by atoms with Crippen molar-refractivity contribution in [1.29, 1.82) is 0 Å². The maximum absolute atomic E-state index is 10.1. The topological polar surface area (TPSA) is 32.3 Å². The molecule has 0 aliphatic carbocycles. The summed E-state index contributed by atoms with van der Waals surface area (Å²) >= 11 is 5.28. The minimum atomic E-state index is -0.399. The Morgan fingerprint density at radius 3 is 2.76 bits per heavy atom. The van der Waals surface area contributed by atoms with Crippen LogP contribution in [0.3, 0.4) is 0 Å². The van der Waals surface area contributed by atoms with Crippen molar-refractivity contribution in [1.82, 2.24) is 5.32 Å². The number of thioether (sulfide) groups is 1. The van der Waals surface area contributed by atoms with E-state index in [0.717, 1.165) is 28.8 Å². The van der Waals surface area contributed by atoms with Crippen LogP contribution in [0, 0.1) is 0 Å². The summed E-state index contributed by atoms with van der Waals surface area (Å²) in [4.78, 5) is 1.19. The van der Waals surface area contributed by atoms with Crippen molar-refractivity contribution in [2.45, 2.75) is 23.2 Å². The Morgan fingerprint density at radius 2 is 2.00 bits per heavy atom. The zero-order valence-corrected chi connectivity index (χ0v) is 14.5. The molecule has 2 aromatic carbocycles. The summed E-state index contributed by atoms with van der Waals surface area (Å²) in [5, 5.41) is 13.2. The zero-order valence-electron chi connectivity index (χ0n) is 12.1. The molecule has 0 heterocycles. The van der Waals surface area contributed by atoms with Crippen molar-refractivity contribution in [3.63, 3.8) is 0 Å². The van der Waals surface area contributed by atoms with E-state index in [-0.39, 0.29) is 0 Å². The summed E-state index contributed by atoms with van der Waals surface area (Å²) in [6.45, 7) is 0.816. The van der Waals surface area contributed by atoms with Gasteiger partial charge in [-0.1, -0.05) is 40.2 Å². The van der Waals surface area contributed by atoms with Gasteiger partial charge in [0.1, 0.15) is 0 Å². The predicted molar refractivity (Wildman–Crippen MR) is 93.6 cm³/mol. The summed E-state index contributed by atoms with van der Waals surface area (Å²) in [5.41, 5.74) is 2.28. The monoisotopic (exact) mass is 365 g/mol. The molecule has 21 heavy (non-hydrogen) atoms. The van der Waals surface area contributed by atoms with E-state index in [1.807, 2.05) is 25.2 Å². The van der Waals surface area contributed by atoms with E-state index in [9.17, 15) is 5.11 Å². The Morgan fingerprint density at radius 1 is 1.19 bits per heavy atom. The Bertz CT molecular complexity index is 576. The number of aliphatic hydroxyl groups is 1. The lowest BCUT2D eigenvalue weighted by molar-refractivity contribution is 0.167. The van der Waals surface area contributed by atoms with Crippen LogP contribution in [0.15, 0.2) is 57.9 Å². The molecule has 2 aromatic rings. The highest BCUT2D eigenvalue weighted by atomic mass is 79.9. The summed E-state index contributed by atoms with van der Waals surface area (Å²) in [6.07, 6.45) is 0.333. The second kappa shape index (κ2) is 8.59. The van der Waals surface area contributed by atoms with Crippen LogP contribution < -0.4 is 5.32 Å². The quantitative estimate of drug-likeness (QED) is 0.713. The molecule has 0 spiro atoms. The lowest BCUT2D eigenvalue weighted by atomic mass is 10.1. The van der Waals surface area contributed by atoms with Gasteiger partial charge in [-0.15, -0.1) is 11.8 Å². The first-order chi connectivity index (χ1) is 10.2. The number of hydrogen-bond donors (Lipinski definition) is 2. The molecular weight excluding hydrogens is 346 g/mol. The van der Waals surface area contributed by atoms with Crippen LogP contribution >= 0.6 is 27.7 Å². The number of aliphatic hydroxyl groups excluding tert-OH is 1. The highest BCUT2D eigenvalue weighted by Crippen LogP contribution is 2.27. The molecule has 0 saturated carbocycles. The third kappa shape index (κ3) is 5.47. The van der Waals surface area contributed by atoms with Gasteiger partial charge < -0.3 is 10.4 Å². The fraction of sp³-hybridized carbons (Fsp3) is 0.294. The van der Waals surface area contributed by atoms with E-state index >= 15 is 0 Å². The third-order valence-corrected chi connectivity index (χ3v) is 4.76. The maximum atomic E-state index is 10.1. The smallest absolute Gasteiger partial charge is 0.0802 e. The first-order valence-electron chi connectivity index (χ1n) is 6.99. The zero-order chi connectivity index (χ0) is 15.1. The van der Waals surface area contributed by atoms with Gasteiger partial charge in [-0.25, -0.2) is 0 Å². The van der Waals surface area contributed by atoms with Crippen LogP contribution in [0.25, 0.3) is 0 Å². The summed E-state index contributed by atoms with van der Waals surface area (Å²) in [6, 6.07) is 16.5. The minimum absolute atomic E-state index is 0.399. The van der Waals surface area contributed by atoms with Gasteiger partial charge in [-0.05, 0) is 55.4 Å². The van der Waals surface area contributed by atoms with E-state index in [4.69, 9.17) is 0 Å². The average molecular weight is 366 g/mol. The molecule has 0 fully saturated rings. The van der Waals surface area contributed by atoms with E-state index in [0.29, 0.717) is 0 Å². The molecule has 0 radical (unpaired) electrons. The Kier molecular flexibility index (Phi) is 6.77. The lowest BCUT2D eigenvalue weighted by Gasteiger charge is -2.12. The molecular formula is C17H20BrNOS. The third-order valence-electron chi connectivity index (χ3n) is 3.21. The standard InChI is InChI=1S/C17H20BrNOS/c1-19-9-8-17(20)14-5-3-7-16(11-14)21-12-13-4-2-6-15(18)10-13/h2-7,10-11,17,19-20H,8-9,12H2,1H3. The SMILES string of the molecule is CNCCC(O)c1cccc(SCc2cccc(Br)c2)c1. The number of nitrogens with one attached hydrogen (secondary N) is 1. The Labute approximate surface area is 139 Å². The van der Waals surface area contributed by atoms with Crippen molar-refractivity contribution in [3.05, 3.63) is 64.1 Å². The summed E-state index contributed by atoms with van der Waals surface area (Å²) < 4.78 is 1.11. The van der Waals surface area contributed by atoms with Crippen LogP contribution in [0.5, 0.6) is 0 Å². The molecule has 0 aromatic heterocycles. The van der Waals surface area contributed by atoms with Crippen LogP contribution in [-0.2, 0) is 5.75 Å². The average Bonchev–Trinajstić information content (AvgIpc) is 2.51. The van der Waals surface area contributed by atoms with Crippen LogP contribution in [0.1, 0.15) is 23.7 Å². The second-order valence-corrected chi connectivity index (χ2v) is 6.86. The van der Waals surface area contributed by atoms with Gasteiger partial charge in [0, 0.05) is 15.1 Å². The van der Waals surface area contributed by atoms with E-state index < -0.39 is 6.10 Å². The fourth-order valence-electron chi connectivity index (χ4n) is 2.05. The molecule has 2 N–H and O–H groups in total. The number of hydrogen-bond acceptors (Lipinski definition) is 3. The molecule has 4 heteroatoms. The molecule has 0 aliphatic rings. The first-order valence-corrected chi connectivity index (χ1v) is 8.77. The molecule has 0 amide bonds. The van der Waals surface area contributed by atoms with Crippen molar-refractivity contribution >= 4 is 27.7 Å². The maximum Gasteiger partial charge on any atom is 0.0802 e. The highest BCUT2D eigenvalue weighted by molar-refractivity contribution is 9.10. The van der Waals surface area contributed by atoms with Gasteiger partial charge in [0.25, 0.3) is 0 Å². The number of benzene rings is 2. The minimum Gasteiger partial charge on any atom is -0.388 e. The molecule has 0 bridgehead atoms. The highest BCUT2D eigenvalue weighted by Gasteiger charge is 2.07. The van der Waals surface area contributed by atoms with Crippen molar-refractivity contribution < 1.29 is 5.11 Å². The number of rotatable bonds is 7. The molecule has 112 valence electrons. The number of halogens is 1. The lowest BCUT2D eigenvalue weighted by Crippen LogP contribution is -2.11. The van der Waals surface area contributed by atoms with Gasteiger partial charge in [-0.2, -0.15) is 0 Å². The van der Waals surface area contributed by atoms with Crippen LogP contribution in [-0.4, -0.2) is 18.7 Å². The van der Waals surface area contributed by atoms with E-state index in [2.05, 4.69) is 51.6 Å². The van der Waals surface area contributed by atoms with Crippen molar-refractivity contribution in [2.75, 3.05) is 13.6 Å². The van der Waals surface area contributed by atoms with Gasteiger partial charge in [0.15, 0.2) is 0 Å². The van der Waals surface area contributed by atoms with Gasteiger partial charge in [-0.3, -0.25) is 0 Å². The normalized spacial score (nSPS) is 12.3. The van der Waals surface area contributed by atoms with Crippen molar-refractivity contribution in [3.8, 4) is 0 Å². The van der Waals surface area contributed by atoms with Crippen LogP contribution in [0.2, 0.25) is 0 Å². The van der Waals surface area contributed by atoms with Crippen LogP contribution in [0.4, 0.5) is 0 Å². The first kappa shape index (κ1) is 16.6. The molecule has 0 aliphatic heterocycles. The molecule has 0 saturated heterocycles. The molecule has 2 nitrogen and oxygen atoms in total. The predicted octanol–water partition coefficient (Wildman–Crippen LogP) is 4.38. The van der Waals surface area contributed by atoms with Gasteiger partial charge in [0.2, 0.25) is 0 Å². The summed E-state index contributed by atoms with van der Waals surface area (Å²) in [7, 11) is 1.90. The van der Waals surface area contributed by atoms with Gasteiger partial charge in [0.05, 0.1) is 6.10 Å².